The van der Waals surface area contributed by atoms with Crippen LogP contribution in [-0.2, 0) is 4.79 Å². The Morgan fingerprint density at radius 1 is 1.26 bits per heavy atom. The van der Waals surface area contributed by atoms with Crippen molar-refractivity contribution in [2.24, 2.45) is 0 Å². The van der Waals surface area contributed by atoms with Crippen LogP contribution in [-0.4, -0.2) is 17.3 Å². The summed E-state index contributed by atoms with van der Waals surface area (Å²) in [5.74, 6) is -0.214. The summed E-state index contributed by atoms with van der Waals surface area (Å²) in [6.07, 6.45) is 2.09. The van der Waals surface area contributed by atoms with Gasteiger partial charge in [0, 0.05) is 5.56 Å². The molecule has 1 aromatic carbocycles. The van der Waals surface area contributed by atoms with Crippen LogP contribution >= 0.6 is 0 Å². The molecule has 19 heavy (non-hydrogen) atoms. The number of benzene rings is 1. The van der Waals surface area contributed by atoms with Crippen molar-refractivity contribution in [3.8, 4) is 0 Å². The topological polar surface area (TPSA) is 71.1 Å². The Morgan fingerprint density at radius 3 is 2.68 bits per heavy atom. The first kappa shape index (κ1) is 12.8. The molecule has 5 nitrogen and oxygen atoms in total. The Balaban J connectivity index is 2.21. The Hall–Kier alpha value is -2.69. The molecular weight excluding hydrogens is 242 g/mol. The number of hydrogen-bond acceptors (Lipinski definition) is 3. The number of amides is 2. The fourth-order valence-electron chi connectivity index (χ4n) is 1.59. The van der Waals surface area contributed by atoms with Crippen LogP contribution in [0.3, 0.4) is 0 Å². The van der Waals surface area contributed by atoms with Crippen molar-refractivity contribution in [3.63, 3.8) is 0 Å². The fourth-order valence-corrected chi connectivity index (χ4v) is 1.59. The molecule has 2 rings (SSSR count). The van der Waals surface area contributed by atoms with Crippen LogP contribution in [0.1, 0.15) is 16.1 Å². The number of nitrogens with zero attached hydrogens (tertiary/aromatic N) is 1. The Kier molecular flexibility index (Phi) is 3.87. The molecule has 0 radical (unpaired) electrons. The molecule has 0 aliphatic rings. The number of anilines is 2. The highest BCUT2D eigenvalue weighted by molar-refractivity contribution is 6.04. The summed E-state index contributed by atoms with van der Waals surface area (Å²) in [5.41, 5.74) is 2.35. The molecule has 1 heterocycles. The van der Waals surface area contributed by atoms with Gasteiger partial charge in [-0.2, -0.15) is 0 Å². The average Bonchev–Trinajstić information content (AvgIpc) is 2.44. The van der Waals surface area contributed by atoms with Gasteiger partial charge in [-0.3, -0.25) is 14.6 Å². The minimum absolute atomic E-state index is 0.214. The van der Waals surface area contributed by atoms with E-state index in [1.54, 1.807) is 37.3 Å². The van der Waals surface area contributed by atoms with E-state index < -0.39 is 0 Å². The summed E-state index contributed by atoms with van der Waals surface area (Å²) in [6.45, 7) is 1.78. The van der Waals surface area contributed by atoms with E-state index in [-0.39, 0.29) is 5.91 Å². The Labute approximate surface area is 110 Å². The maximum atomic E-state index is 12.0. The third-order valence-electron chi connectivity index (χ3n) is 2.60. The summed E-state index contributed by atoms with van der Waals surface area (Å²) < 4.78 is 0. The van der Waals surface area contributed by atoms with E-state index in [9.17, 15) is 9.59 Å². The minimum atomic E-state index is -0.214. The number of carbonyl (C=O) groups is 2. The number of aryl methyl sites for hydroxylation is 1. The molecule has 0 unspecified atom stereocenters. The van der Waals surface area contributed by atoms with Crippen LogP contribution in [0.4, 0.5) is 11.4 Å². The second kappa shape index (κ2) is 5.77. The van der Waals surface area contributed by atoms with Gasteiger partial charge < -0.3 is 10.6 Å². The second-order valence-electron chi connectivity index (χ2n) is 3.94. The smallest absolute Gasteiger partial charge is 0.255 e. The van der Waals surface area contributed by atoms with Gasteiger partial charge in [0.1, 0.15) is 0 Å². The van der Waals surface area contributed by atoms with Gasteiger partial charge in [-0.1, -0.05) is 18.2 Å². The van der Waals surface area contributed by atoms with Crippen molar-refractivity contribution < 1.29 is 9.59 Å². The highest BCUT2D eigenvalue weighted by Gasteiger charge is 2.08. The molecule has 0 fully saturated rings. The van der Waals surface area contributed by atoms with E-state index in [1.807, 2.05) is 6.07 Å². The molecule has 2 amide bonds. The van der Waals surface area contributed by atoms with Gasteiger partial charge in [0.2, 0.25) is 6.41 Å². The molecule has 0 saturated heterocycles. The molecule has 0 aliphatic heterocycles. The first-order valence-corrected chi connectivity index (χ1v) is 5.74. The molecular formula is C14H13N3O2. The number of rotatable bonds is 4. The van der Waals surface area contributed by atoms with Crippen molar-refractivity contribution in [2.45, 2.75) is 6.92 Å². The zero-order valence-electron chi connectivity index (χ0n) is 10.4. The van der Waals surface area contributed by atoms with Crippen molar-refractivity contribution >= 4 is 23.7 Å². The molecule has 0 spiro atoms. The lowest BCUT2D eigenvalue weighted by Crippen LogP contribution is -2.13. The SMILES string of the molecule is Cc1ncc(NC=O)cc1NC(=O)c1ccccc1. The molecule has 2 N–H and O–H groups in total. The summed E-state index contributed by atoms with van der Waals surface area (Å²) >= 11 is 0. The summed E-state index contributed by atoms with van der Waals surface area (Å²) in [5, 5.41) is 5.26. The number of aromatic nitrogens is 1. The molecule has 0 saturated carbocycles. The van der Waals surface area contributed by atoms with E-state index in [1.165, 1.54) is 6.20 Å². The first-order chi connectivity index (χ1) is 9.20. The van der Waals surface area contributed by atoms with Crippen molar-refractivity contribution in [1.82, 2.24) is 4.98 Å². The molecule has 2 aromatic rings. The Morgan fingerprint density at radius 2 is 2.00 bits per heavy atom. The van der Waals surface area contributed by atoms with Gasteiger partial charge in [-0.15, -0.1) is 0 Å². The predicted octanol–water partition coefficient (Wildman–Crippen LogP) is 2.21. The van der Waals surface area contributed by atoms with Crippen LogP contribution < -0.4 is 10.6 Å². The van der Waals surface area contributed by atoms with E-state index in [0.29, 0.717) is 29.0 Å². The highest BCUT2D eigenvalue weighted by atomic mass is 16.1. The van der Waals surface area contributed by atoms with Gasteiger partial charge in [0.15, 0.2) is 0 Å². The molecule has 1 aromatic heterocycles. The largest absolute Gasteiger partial charge is 0.327 e. The minimum Gasteiger partial charge on any atom is -0.327 e. The van der Waals surface area contributed by atoms with E-state index in [4.69, 9.17) is 0 Å². The lowest BCUT2D eigenvalue weighted by atomic mass is 10.2. The van der Waals surface area contributed by atoms with Crippen LogP contribution in [0, 0.1) is 6.92 Å². The number of hydrogen-bond donors (Lipinski definition) is 2. The monoisotopic (exact) mass is 255 g/mol. The fraction of sp³-hybridized carbons (Fsp3) is 0.0714. The molecule has 96 valence electrons. The normalized spacial score (nSPS) is 9.74. The van der Waals surface area contributed by atoms with Crippen LogP contribution in [0.25, 0.3) is 0 Å². The van der Waals surface area contributed by atoms with Gasteiger partial charge >= 0.3 is 0 Å². The summed E-state index contributed by atoms with van der Waals surface area (Å²) in [7, 11) is 0. The van der Waals surface area contributed by atoms with Crippen molar-refractivity contribution in [3.05, 3.63) is 53.9 Å². The van der Waals surface area contributed by atoms with Crippen LogP contribution in [0.2, 0.25) is 0 Å². The highest BCUT2D eigenvalue weighted by Crippen LogP contribution is 2.18. The lowest BCUT2D eigenvalue weighted by Gasteiger charge is -2.09. The van der Waals surface area contributed by atoms with Gasteiger partial charge in [0.25, 0.3) is 5.91 Å². The Bertz CT molecular complexity index is 597. The van der Waals surface area contributed by atoms with Gasteiger partial charge in [-0.25, -0.2) is 0 Å². The third-order valence-corrected chi connectivity index (χ3v) is 2.60. The molecule has 0 atom stereocenters. The maximum Gasteiger partial charge on any atom is 0.255 e. The molecule has 0 bridgehead atoms. The maximum absolute atomic E-state index is 12.0. The summed E-state index contributed by atoms with van der Waals surface area (Å²) in [4.78, 5) is 26.5. The number of pyridine rings is 1. The van der Waals surface area contributed by atoms with E-state index in [0.717, 1.165) is 0 Å². The number of nitrogens with one attached hydrogen (secondary N) is 2. The summed E-state index contributed by atoms with van der Waals surface area (Å²) in [6, 6.07) is 10.6. The van der Waals surface area contributed by atoms with Crippen LogP contribution in [0.15, 0.2) is 42.6 Å². The lowest BCUT2D eigenvalue weighted by molar-refractivity contribution is -0.105. The van der Waals surface area contributed by atoms with E-state index >= 15 is 0 Å². The standard InChI is InChI=1S/C14H13N3O2/c1-10-13(7-12(8-15-10)16-9-18)17-14(19)11-5-3-2-4-6-11/h2-9H,1H3,(H,16,18)(H,17,19). The van der Waals surface area contributed by atoms with Crippen LogP contribution in [0.5, 0.6) is 0 Å². The van der Waals surface area contributed by atoms with Crippen molar-refractivity contribution in [1.29, 1.82) is 0 Å². The average molecular weight is 255 g/mol. The van der Waals surface area contributed by atoms with Gasteiger partial charge in [-0.05, 0) is 25.1 Å². The van der Waals surface area contributed by atoms with E-state index in [2.05, 4.69) is 15.6 Å². The first-order valence-electron chi connectivity index (χ1n) is 5.74. The second-order valence-corrected chi connectivity index (χ2v) is 3.94. The van der Waals surface area contributed by atoms with Crippen molar-refractivity contribution in [2.75, 3.05) is 10.6 Å². The third kappa shape index (κ3) is 3.16. The molecule has 5 heteroatoms. The quantitative estimate of drug-likeness (QED) is 0.823. The number of carbonyl (C=O) groups excluding carboxylic acids is 2. The zero-order valence-corrected chi connectivity index (χ0v) is 10.4. The zero-order chi connectivity index (χ0) is 13.7. The van der Waals surface area contributed by atoms with Gasteiger partial charge in [0.05, 0.1) is 23.3 Å². The molecule has 0 aliphatic carbocycles. The predicted molar refractivity (Wildman–Crippen MR) is 73.1 cm³/mol.